The normalized spacial score (nSPS) is 10.6. The van der Waals surface area contributed by atoms with Crippen molar-refractivity contribution in [1.82, 2.24) is 10.1 Å². The summed E-state index contributed by atoms with van der Waals surface area (Å²) in [6, 6.07) is 16.7. The van der Waals surface area contributed by atoms with Gasteiger partial charge in [0.05, 0.1) is 11.6 Å². The van der Waals surface area contributed by atoms with Gasteiger partial charge in [-0.05, 0) is 19.1 Å². The first-order valence-corrected chi connectivity index (χ1v) is 8.60. The van der Waals surface area contributed by atoms with Crippen LogP contribution in [0.3, 0.4) is 0 Å². The zero-order valence-electron chi connectivity index (χ0n) is 14.6. The summed E-state index contributed by atoms with van der Waals surface area (Å²) in [6.07, 6.45) is 0. The number of amides is 1. The van der Waals surface area contributed by atoms with Crippen molar-refractivity contribution in [2.45, 2.75) is 6.92 Å². The molecule has 0 atom stereocenters. The van der Waals surface area contributed by atoms with Crippen LogP contribution >= 0.6 is 11.6 Å². The van der Waals surface area contributed by atoms with E-state index in [-0.39, 0.29) is 5.91 Å². The molecule has 0 spiro atoms. The number of carbonyl (C=O) groups is 1. The maximum absolute atomic E-state index is 12.9. The summed E-state index contributed by atoms with van der Waals surface area (Å²) < 4.78 is 10.9. The SMILES string of the molecule is Cc1onc(-c2ccccc2)c1C(=O)N(C)CCOc1ccccc1Cl. The van der Waals surface area contributed by atoms with Crippen molar-refractivity contribution >= 4 is 17.5 Å². The zero-order valence-corrected chi connectivity index (χ0v) is 15.4. The smallest absolute Gasteiger partial charge is 0.259 e. The zero-order chi connectivity index (χ0) is 18.5. The molecule has 0 radical (unpaired) electrons. The fourth-order valence-corrected chi connectivity index (χ4v) is 2.75. The van der Waals surface area contributed by atoms with Crippen LogP contribution in [-0.2, 0) is 0 Å². The van der Waals surface area contributed by atoms with Gasteiger partial charge in [0.1, 0.15) is 29.4 Å². The lowest BCUT2D eigenvalue weighted by Crippen LogP contribution is -2.31. The Morgan fingerprint density at radius 3 is 2.58 bits per heavy atom. The average molecular weight is 371 g/mol. The second-order valence-electron chi connectivity index (χ2n) is 5.83. The third kappa shape index (κ3) is 3.89. The van der Waals surface area contributed by atoms with Crippen molar-refractivity contribution in [3.05, 3.63) is 70.9 Å². The Bertz CT molecular complexity index is 893. The molecule has 0 fully saturated rings. The van der Waals surface area contributed by atoms with Gasteiger partial charge in [0.25, 0.3) is 5.91 Å². The number of rotatable bonds is 6. The van der Waals surface area contributed by atoms with E-state index in [0.717, 1.165) is 5.56 Å². The second kappa shape index (κ2) is 8.06. The van der Waals surface area contributed by atoms with Crippen molar-refractivity contribution in [2.75, 3.05) is 20.2 Å². The van der Waals surface area contributed by atoms with E-state index in [0.29, 0.717) is 40.9 Å². The third-order valence-electron chi connectivity index (χ3n) is 3.99. The number of halogens is 1. The molecule has 0 unspecified atom stereocenters. The highest BCUT2D eigenvalue weighted by atomic mass is 35.5. The third-order valence-corrected chi connectivity index (χ3v) is 4.30. The van der Waals surface area contributed by atoms with E-state index in [9.17, 15) is 4.79 Å². The molecule has 5 nitrogen and oxygen atoms in total. The molecule has 0 aliphatic rings. The molecule has 1 amide bonds. The van der Waals surface area contributed by atoms with Crippen LogP contribution in [0.2, 0.25) is 5.02 Å². The molecule has 26 heavy (non-hydrogen) atoms. The lowest BCUT2D eigenvalue weighted by Gasteiger charge is -2.18. The molecular formula is C20H19ClN2O3. The lowest BCUT2D eigenvalue weighted by molar-refractivity contribution is 0.0772. The summed E-state index contributed by atoms with van der Waals surface area (Å²) in [4.78, 5) is 14.5. The highest BCUT2D eigenvalue weighted by Crippen LogP contribution is 2.26. The van der Waals surface area contributed by atoms with Crippen LogP contribution in [0, 0.1) is 6.92 Å². The fraction of sp³-hybridized carbons (Fsp3) is 0.200. The molecular weight excluding hydrogens is 352 g/mol. The minimum atomic E-state index is -0.162. The number of likely N-dealkylation sites (N-methyl/N-ethyl adjacent to an activating group) is 1. The van der Waals surface area contributed by atoms with E-state index >= 15 is 0 Å². The Labute approximate surface area is 157 Å². The van der Waals surface area contributed by atoms with Crippen LogP contribution in [0.4, 0.5) is 0 Å². The Morgan fingerprint density at radius 1 is 1.15 bits per heavy atom. The number of aryl methyl sites for hydroxylation is 1. The van der Waals surface area contributed by atoms with Crippen molar-refractivity contribution in [3.63, 3.8) is 0 Å². The summed E-state index contributed by atoms with van der Waals surface area (Å²) >= 11 is 6.07. The van der Waals surface area contributed by atoms with Gasteiger partial charge >= 0.3 is 0 Å². The molecule has 0 aliphatic heterocycles. The van der Waals surface area contributed by atoms with Gasteiger partial charge in [-0.25, -0.2) is 0 Å². The van der Waals surface area contributed by atoms with E-state index in [1.165, 1.54) is 0 Å². The standard InChI is InChI=1S/C20H19ClN2O3/c1-14-18(19(22-26-14)15-8-4-3-5-9-15)20(24)23(2)12-13-25-17-11-7-6-10-16(17)21/h3-11H,12-13H2,1-2H3. The topological polar surface area (TPSA) is 55.6 Å². The number of aromatic nitrogens is 1. The van der Waals surface area contributed by atoms with Crippen molar-refractivity contribution < 1.29 is 14.1 Å². The molecule has 3 rings (SSSR count). The van der Waals surface area contributed by atoms with E-state index < -0.39 is 0 Å². The number of para-hydroxylation sites is 1. The number of benzene rings is 2. The van der Waals surface area contributed by atoms with Crippen LogP contribution < -0.4 is 4.74 Å². The Balaban J connectivity index is 1.69. The van der Waals surface area contributed by atoms with Crippen LogP contribution in [0.25, 0.3) is 11.3 Å². The molecule has 0 aliphatic carbocycles. The van der Waals surface area contributed by atoms with E-state index in [2.05, 4.69) is 5.16 Å². The first-order chi connectivity index (χ1) is 12.6. The highest BCUT2D eigenvalue weighted by molar-refractivity contribution is 6.32. The monoisotopic (exact) mass is 370 g/mol. The number of nitrogens with zero attached hydrogens (tertiary/aromatic N) is 2. The van der Waals surface area contributed by atoms with Gasteiger partial charge in [-0.15, -0.1) is 0 Å². The van der Waals surface area contributed by atoms with E-state index in [1.807, 2.05) is 42.5 Å². The van der Waals surface area contributed by atoms with Crippen LogP contribution in [0.5, 0.6) is 5.75 Å². The summed E-state index contributed by atoms with van der Waals surface area (Å²) in [5, 5.41) is 4.60. The largest absolute Gasteiger partial charge is 0.490 e. The second-order valence-corrected chi connectivity index (χ2v) is 6.24. The molecule has 3 aromatic rings. The average Bonchev–Trinajstić information content (AvgIpc) is 3.04. The predicted octanol–water partition coefficient (Wildman–Crippen LogP) is 4.45. The number of ether oxygens (including phenoxy) is 1. The lowest BCUT2D eigenvalue weighted by atomic mass is 10.1. The molecule has 1 heterocycles. The molecule has 1 aromatic heterocycles. The Hall–Kier alpha value is -2.79. The Kier molecular flexibility index (Phi) is 5.58. The molecule has 0 saturated heterocycles. The van der Waals surface area contributed by atoms with Gasteiger partial charge < -0.3 is 14.2 Å². The number of carbonyl (C=O) groups excluding carboxylic acids is 1. The minimum Gasteiger partial charge on any atom is -0.490 e. The maximum atomic E-state index is 12.9. The van der Waals surface area contributed by atoms with Gasteiger partial charge in [0.2, 0.25) is 0 Å². The maximum Gasteiger partial charge on any atom is 0.259 e. The van der Waals surface area contributed by atoms with E-state index in [4.69, 9.17) is 20.9 Å². The molecule has 2 aromatic carbocycles. The quantitative estimate of drug-likeness (QED) is 0.643. The summed E-state index contributed by atoms with van der Waals surface area (Å²) in [5.41, 5.74) is 1.86. The molecule has 134 valence electrons. The van der Waals surface area contributed by atoms with E-state index in [1.54, 1.807) is 31.0 Å². The summed E-state index contributed by atoms with van der Waals surface area (Å²) in [6.45, 7) is 2.47. The van der Waals surface area contributed by atoms with Gasteiger partial charge in [0, 0.05) is 12.6 Å². The van der Waals surface area contributed by atoms with Crippen molar-refractivity contribution in [1.29, 1.82) is 0 Å². The molecule has 0 bridgehead atoms. The highest BCUT2D eigenvalue weighted by Gasteiger charge is 2.24. The van der Waals surface area contributed by atoms with Gasteiger partial charge in [-0.3, -0.25) is 4.79 Å². The number of hydrogen-bond acceptors (Lipinski definition) is 4. The van der Waals surface area contributed by atoms with Crippen LogP contribution in [0.1, 0.15) is 16.1 Å². The number of hydrogen-bond donors (Lipinski definition) is 0. The summed E-state index contributed by atoms with van der Waals surface area (Å²) in [7, 11) is 1.72. The first kappa shape index (κ1) is 18.0. The summed E-state index contributed by atoms with van der Waals surface area (Å²) in [5.74, 6) is 0.930. The van der Waals surface area contributed by atoms with Gasteiger partial charge in [0.15, 0.2) is 0 Å². The van der Waals surface area contributed by atoms with Crippen LogP contribution in [0.15, 0.2) is 59.1 Å². The van der Waals surface area contributed by atoms with Crippen LogP contribution in [-0.4, -0.2) is 36.2 Å². The Morgan fingerprint density at radius 2 is 1.85 bits per heavy atom. The first-order valence-electron chi connectivity index (χ1n) is 8.22. The fourth-order valence-electron chi connectivity index (χ4n) is 2.56. The molecule has 6 heteroatoms. The molecule has 0 saturated carbocycles. The van der Waals surface area contributed by atoms with Crippen molar-refractivity contribution in [2.24, 2.45) is 0 Å². The minimum absolute atomic E-state index is 0.162. The van der Waals surface area contributed by atoms with Gasteiger partial charge in [-0.1, -0.05) is 59.2 Å². The molecule has 0 N–H and O–H groups in total. The van der Waals surface area contributed by atoms with Gasteiger partial charge in [-0.2, -0.15) is 0 Å². The van der Waals surface area contributed by atoms with Crippen molar-refractivity contribution in [3.8, 4) is 17.0 Å². The predicted molar refractivity (Wildman–Crippen MR) is 101 cm³/mol.